The topological polar surface area (TPSA) is 122 Å². The van der Waals surface area contributed by atoms with E-state index in [-0.39, 0.29) is 6.04 Å². The molecular formula is C20H25N5O3. The van der Waals surface area contributed by atoms with Crippen molar-refractivity contribution in [2.45, 2.75) is 44.9 Å². The van der Waals surface area contributed by atoms with E-state index in [2.05, 4.69) is 33.2 Å². The zero-order valence-electron chi connectivity index (χ0n) is 16.3. The monoisotopic (exact) mass is 383 g/mol. The first-order valence-electron chi connectivity index (χ1n) is 9.30. The number of rotatable bonds is 4. The van der Waals surface area contributed by atoms with Gasteiger partial charge in [0.2, 0.25) is 0 Å². The third kappa shape index (κ3) is 4.06. The van der Waals surface area contributed by atoms with Gasteiger partial charge in [-0.15, -0.1) is 0 Å². The quantitative estimate of drug-likeness (QED) is 0.719. The van der Waals surface area contributed by atoms with Crippen LogP contribution in [0, 0.1) is 17.2 Å². The normalized spacial score (nSPS) is 21.2. The van der Waals surface area contributed by atoms with E-state index < -0.39 is 17.6 Å². The maximum atomic E-state index is 12.3. The van der Waals surface area contributed by atoms with Gasteiger partial charge in [-0.2, -0.15) is 5.26 Å². The zero-order chi connectivity index (χ0) is 20.5. The highest BCUT2D eigenvalue weighted by Crippen LogP contribution is 2.30. The second-order valence-corrected chi connectivity index (χ2v) is 8.01. The first kappa shape index (κ1) is 20.0. The van der Waals surface area contributed by atoms with Gasteiger partial charge in [0.05, 0.1) is 16.9 Å². The Labute approximate surface area is 163 Å². The molecule has 2 heterocycles. The van der Waals surface area contributed by atoms with Crippen LogP contribution < -0.4 is 10.2 Å². The summed E-state index contributed by atoms with van der Waals surface area (Å²) in [6, 6.07) is 5.55. The van der Waals surface area contributed by atoms with E-state index in [9.17, 15) is 20.3 Å². The van der Waals surface area contributed by atoms with Gasteiger partial charge in [0, 0.05) is 31.5 Å². The molecule has 3 N–H and O–H groups in total. The first-order chi connectivity index (χ1) is 13.2. The van der Waals surface area contributed by atoms with Crippen LogP contribution in [0.1, 0.15) is 32.8 Å². The predicted molar refractivity (Wildman–Crippen MR) is 104 cm³/mol. The van der Waals surface area contributed by atoms with Crippen LogP contribution in [0.5, 0.6) is 0 Å². The third-order valence-corrected chi connectivity index (χ3v) is 4.99. The molecule has 3 atom stereocenters. The highest BCUT2D eigenvalue weighted by molar-refractivity contribution is 5.92. The van der Waals surface area contributed by atoms with Crippen LogP contribution in [0.25, 0.3) is 11.0 Å². The molecule has 1 aliphatic rings. The summed E-state index contributed by atoms with van der Waals surface area (Å²) in [6.45, 7) is 6.20. The summed E-state index contributed by atoms with van der Waals surface area (Å²) >= 11 is 0. The van der Waals surface area contributed by atoms with Crippen LogP contribution in [0.15, 0.2) is 24.5 Å². The van der Waals surface area contributed by atoms with Crippen molar-refractivity contribution >= 4 is 22.6 Å². The summed E-state index contributed by atoms with van der Waals surface area (Å²) in [4.78, 5) is 23.1. The lowest BCUT2D eigenvalue weighted by molar-refractivity contribution is -0.142. The molecule has 0 bridgehead atoms. The highest BCUT2D eigenvalue weighted by atomic mass is 16.3. The molecule has 3 rings (SSSR count). The zero-order valence-corrected chi connectivity index (χ0v) is 16.3. The lowest BCUT2D eigenvalue weighted by Gasteiger charge is -2.39. The summed E-state index contributed by atoms with van der Waals surface area (Å²) < 4.78 is 0. The number of carbonyl (C=O) groups excluding carboxylic acids is 1. The van der Waals surface area contributed by atoms with E-state index in [1.54, 1.807) is 18.5 Å². The number of hydrogen-bond acceptors (Lipinski definition) is 7. The van der Waals surface area contributed by atoms with Crippen molar-refractivity contribution in [3.63, 3.8) is 0 Å². The summed E-state index contributed by atoms with van der Waals surface area (Å²) in [5.74, 6) is -0.295. The van der Waals surface area contributed by atoms with E-state index in [1.807, 2.05) is 6.07 Å². The number of anilines is 1. The average molecular weight is 383 g/mol. The van der Waals surface area contributed by atoms with Crippen LogP contribution >= 0.6 is 0 Å². The SMILES string of the molecule is C[C@H]1C[C@@H](NC(=O)[C@@H](O)C(C)(C)O)CN(c2ccc(C#N)c3nccnc23)C1. The Morgan fingerprint density at radius 1 is 1.32 bits per heavy atom. The van der Waals surface area contributed by atoms with Crippen molar-refractivity contribution in [3.05, 3.63) is 30.1 Å². The molecule has 28 heavy (non-hydrogen) atoms. The summed E-state index contributed by atoms with van der Waals surface area (Å²) in [6.07, 6.45) is 2.42. The molecule has 8 nitrogen and oxygen atoms in total. The molecule has 1 aliphatic heterocycles. The highest BCUT2D eigenvalue weighted by Gasteiger charge is 2.34. The number of piperidine rings is 1. The van der Waals surface area contributed by atoms with E-state index in [0.29, 0.717) is 29.1 Å². The Hall–Kier alpha value is -2.76. The van der Waals surface area contributed by atoms with Gasteiger partial charge in [-0.3, -0.25) is 14.8 Å². The van der Waals surface area contributed by atoms with Gasteiger partial charge in [-0.25, -0.2) is 0 Å². The second-order valence-electron chi connectivity index (χ2n) is 8.01. The van der Waals surface area contributed by atoms with Gasteiger partial charge in [-0.05, 0) is 38.3 Å². The summed E-state index contributed by atoms with van der Waals surface area (Å²) in [5.41, 5.74) is 1.02. The van der Waals surface area contributed by atoms with Gasteiger partial charge in [0.1, 0.15) is 17.1 Å². The number of aromatic nitrogens is 2. The van der Waals surface area contributed by atoms with Crippen molar-refractivity contribution in [1.29, 1.82) is 5.26 Å². The van der Waals surface area contributed by atoms with Crippen LogP contribution in [0.3, 0.4) is 0 Å². The number of amides is 1. The average Bonchev–Trinajstić information content (AvgIpc) is 2.65. The van der Waals surface area contributed by atoms with E-state index in [4.69, 9.17) is 0 Å². The van der Waals surface area contributed by atoms with Gasteiger partial charge >= 0.3 is 0 Å². The molecule has 1 saturated heterocycles. The molecule has 0 radical (unpaired) electrons. The van der Waals surface area contributed by atoms with E-state index in [0.717, 1.165) is 18.7 Å². The third-order valence-electron chi connectivity index (χ3n) is 4.99. The second kappa shape index (κ2) is 7.70. The van der Waals surface area contributed by atoms with Gasteiger partial charge in [0.25, 0.3) is 5.91 Å². The van der Waals surface area contributed by atoms with E-state index in [1.165, 1.54) is 13.8 Å². The fraction of sp³-hybridized carbons (Fsp3) is 0.500. The number of nitrogens with one attached hydrogen (secondary N) is 1. The minimum atomic E-state index is -1.51. The number of hydrogen-bond donors (Lipinski definition) is 3. The molecule has 0 spiro atoms. The molecule has 2 aromatic rings. The van der Waals surface area contributed by atoms with Gasteiger partial charge in [0.15, 0.2) is 6.10 Å². The van der Waals surface area contributed by atoms with Crippen molar-refractivity contribution in [3.8, 4) is 6.07 Å². The molecule has 1 aromatic carbocycles. The Balaban J connectivity index is 1.85. The Kier molecular flexibility index (Phi) is 5.49. The Morgan fingerprint density at radius 2 is 2.00 bits per heavy atom. The molecule has 1 fully saturated rings. The van der Waals surface area contributed by atoms with Gasteiger partial charge in [-0.1, -0.05) is 6.92 Å². The van der Waals surface area contributed by atoms with Crippen LogP contribution in [-0.2, 0) is 4.79 Å². The van der Waals surface area contributed by atoms with Crippen LogP contribution in [-0.4, -0.2) is 56.9 Å². The molecule has 1 aromatic heterocycles. The fourth-order valence-corrected chi connectivity index (χ4v) is 3.64. The largest absolute Gasteiger partial charge is 0.387 e. The van der Waals surface area contributed by atoms with Crippen LogP contribution in [0.4, 0.5) is 5.69 Å². The summed E-state index contributed by atoms with van der Waals surface area (Å²) in [5, 5.41) is 32.0. The number of carbonyl (C=O) groups is 1. The number of aliphatic hydroxyl groups excluding tert-OH is 1. The van der Waals surface area contributed by atoms with Crippen molar-refractivity contribution < 1.29 is 15.0 Å². The predicted octanol–water partition coefficient (Wildman–Crippen LogP) is 0.964. The molecule has 8 heteroatoms. The Bertz CT molecular complexity index is 918. The molecule has 1 amide bonds. The van der Waals surface area contributed by atoms with Crippen LogP contribution in [0.2, 0.25) is 0 Å². The fourth-order valence-electron chi connectivity index (χ4n) is 3.64. The number of benzene rings is 1. The Morgan fingerprint density at radius 3 is 2.64 bits per heavy atom. The lowest BCUT2D eigenvalue weighted by Crippen LogP contribution is -2.55. The van der Waals surface area contributed by atoms with Crippen molar-refractivity contribution in [1.82, 2.24) is 15.3 Å². The number of nitrogens with zero attached hydrogens (tertiary/aromatic N) is 4. The first-order valence-corrected chi connectivity index (χ1v) is 9.30. The lowest BCUT2D eigenvalue weighted by atomic mass is 9.94. The molecule has 0 aliphatic carbocycles. The van der Waals surface area contributed by atoms with Crippen molar-refractivity contribution in [2.24, 2.45) is 5.92 Å². The minimum Gasteiger partial charge on any atom is -0.387 e. The van der Waals surface area contributed by atoms with Gasteiger partial charge < -0.3 is 20.4 Å². The van der Waals surface area contributed by atoms with E-state index >= 15 is 0 Å². The maximum absolute atomic E-state index is 12.3. The standard InChI is InChI=1S/C20H25N5O3/c1-12-8-14(24-19(27)18(26)20(2,3)28)11-25(10-12)15-5-4-13(9-21)16-17(15)23-7-6-22-16/h4-7,12,14,18,26,28H,8,10-11H2,1-3H3,(H,24,27)/t12-,14+,18+/m0/s1. The number of fused-ring (bicyclic) bond motifs is 1. The molecule has 148 valence electrons. The molecule has 0 unspecified atom stereocenters. The number of nitriles is 1. The smallest absolute Gasteiger partial charge is 0.252 e. The molecule has 0 saturated carbocycles. The maximum Gasteiger partial charge on any atom is 0.252 e. The summed E-state index contributed by atoms with van der Waals surface area (Å²) in [7, 11) is 0. The minimum absolute atomic E-state index is 0.185. The molecular weight excluding hydrogens is 358 g/mol. The van der Waals surface area contributed by atoms with Crippen molar-refractivity contribution in [2.75, 3.05) is 18.0 Å². The number of aliphatic hydroxyl groups is 2.